The summed E-state index contributed by atoms with van der Waals surface area (Å²) in [6.07, 6.45) is -0.954. The number of halogens is 1. The van der Waals surface area contributed by atoms with Gasteiger partial charge in [0, 0.05) is 6.07 Å². The fourth-order valence-corrected chi connectivity index (χ4v) is 0.551. The SMILES string of the molecule is F.N.OCC(O)CO.Oc1cccc(O)c1. The summed E-state index contributed by atoms with van der Waals surface area (Å²) in [5.74, 6) is 0.176. The lowest BCUT2D eigenvalue weighted by Crippen LogP contribution is -2.15. The molecule has 0 aliphatic heterocycles. The van der Waals surface area contributed by atoms with Crippen molar-refractivity contribution in [3.63, 3.8) is 0 Å². The Morgan fingerprint density at radius 3 is 1.50 bits per heavy atom. The van der Waals surface area contributed by atoms with Crippen LogP contribution in [0.2, 0.25) is 0 Å². The molecule has 0 aliphatic rings. The quantitative estimate of drug-likeness (QED) is 0.421. The molecule has 0 saturated carbocycles. The lowest BCUT2D eigenvalue weighted by molar-refractivity contribution is 0.0450. The maximum absolute atomic E-state index is 8.65. The smallest absolute Gasteiger partial charge is 0.119 e. The van der Waals surface area contributed by atoms with Gasteiger partial charge in [-0.3, -0.25) is 4.70 Å². The number of aliphatic hydroxyl groups is 3. The Labute approximate surface area is 92.4 Å². The van der Waals surface area contributed by atoms with Crippen molar-refractivity contribution in [2.75, 3.05) is 13.2 Å². The highest BCUT2D eigenvalue weighted by Gasteiger charge is 1.93. The van der Waals surface area contributed by atoms with E-state index in [2.05, 4.69) is 0 Å². The van der Waals surface area contributed by atoms with E-state index in [-0.39, 0.29) is 35.6 Å². The third-order valence-electron chi connectivity index (χ3n) is 1.25. The monoisotopic (exact) mass is 239 g/mol. The van der Waals surface area contributed by atoms with Crippen LogP contribution >= 0.6 is 0 Å². The Kier molecular flexibility index (Phi) is 14.6. The molecule has 96 valence electrons. The maximum Gasteiger partial charge on any atom is 0.119 e. The topological polar surface area (TPSA) is 136 Å². The average molecular weight is 239 g/mol. The number of aliphatic hydroxyl groups excluding tert-OH is 3. The summed E-state index contributed by atoms with van der Waals surface area (Å²) in [5, 5.41) is 41.3. The highest BCUT2D eigenvalue weighted by Crippen LogP contribution is 2.14. The van der Waals surface area contributed by atoms with Crippen LogP contribution in [0.1, 0.15) is 0 Å². The molecule has 1 aromatic rings. The van der Waals surface area contributed by atoms with E-state index in [4.69, 9.17) is 25.5 Å². The van der Waals surface area contributed by atoms with Gasteiger partial charge < -0.3 is 31.7 Å². The van der Waals surface area contributed by atoms with Crippen LogP contribution in [0.3, 0.4) is 0 Å². The Bertz CT molecular complexity index is 240. The van der Waals surface area contributed by atoms with E-state index in [1.54, 1.807) is 6.07 Å². The normalized spacial score (nSPS) is 8.25. The number of aromatic hydroxyl groups is 2. The molecule has 7 heteroatoms. The fourth-order valence-electron chi connectivity index (χ4n) is 0.551. The summed E-state index contributed by atoms with van der Waals surface area (Å²) >= 11 is 0. The van der Waals surface area contributed by atoms with Crippen molar-refractivity contribution in [2.45, 2.75) is 6.10 Å². The van der Waals surface area contributed by atoms with Crippen LogP contribution in [0.4, 0.5) is 4.70 Å². The first-order valence-electron chi connectivity index (χ1n) is 3.98. The fraction of sp³-hybridized carbons (Fsp3) is 0.333. The minimum atomic E-state index is -0.954. The van der Waals surface area contributed by atoms with Crippen molar-refractivity contribution < 1.29 is 30.2 Å². The van der Waals surface area contributed by atoms with Crippen molar-refractivity contribution in [3.8, 4) is 11.5 Å². The van der Waals surface area contributed by atoms with Gasteiger partial charge in [0.05, 0.1) is 13.2 Å². The predicted octanol–water partition coefficient (Wildman–Crippen LogP) is -0.256. The minimum absolute atomic E-state index is 0. The molecule has 1 aromatic carbocycles. The van der Waals surface area contributed by atoms with Gasteiger partial charge in [-0.25, -0.2) is 0 Å². The molecule has 0 heterocycles. The molecule has 0 aliphatic carbocycles. The van der Waals surface area contributed by atoms with Gasteiger partial charge in [-0.05, 0) is 12.1 Å². The summed E-state index contributed by atoms with van der Waals surface area (Å²) in [5.41, 5.74) is 0. The third kappa shape index (κ3) is 10.7. The maximum atomic E-state index is 8.65. The van der Waals surface area contributed by atoms with E-state index in [1.165, 1.54) is 18.2 Å². The van der Waals surface area contributed by atoms with Crippen molar-refractivity contribution in [3.05, 3.63) is 24.3 Å². The lowest BCUT2D eigenvalue weighted by Gasteiger charge is -1.96. The van der Waals surface area contributed by atoms with Gasteiger partial charge in [-0.2, -0.15) is 0 Å². The van der Waals surface area contributed by atoms with E-state index >= 15 is 0 Å². The summed E-state index contributed by atoms with van der Waals surface area (Å²) < 4.78 is 0. The van der Waals surface area contributed by atoms with Crippen molar-refractivity contribution >= 4 is 0 Å². The van der Waals surface area contributed by atoms with Gasteiger partial charge in [0.2, 0.25) is 0 Å². The molecule has 6 nitrogen and oxygen atoms in total. The zero-order valence-corrected chi connectivity index (χ0v) is 8.65. The van der Waals surface area contributed by atoms with Crippen LogP contribution in [-0.4, -0.2) is 44.9 Å². The summed E-state index contributed by atoms with van der Waals surface area (Å²) in [6.45, 7) is -0.729. The Morgan fingerprint density at radius 2 is 1.38 bits per heavy atom. The molecule has 0 saturated heterocycles. The Hall–Kier alpha value is -1.41. The van der Waals surface area contributed by atoms with E-state index in [1.807, 2.05) is 0 Å². The molecule has 1 rings (SSSR count). The molecule has 0 bridgehead atoms. The van der Waals surface area contributed by atoms with Crippen LogP contribution in [0.15, 0.2) is 24.3 Å². The van der Waals surface area contributed by atoms with Gasteiger partial charge in [-0.1, -0.05) is 6.07 Å². The molecule has 0 unspecified atom stereocenters. The summed E-state index contributed by atoms with van der Waals surface area (Å²) in [6, 6.07) is 5.85. The Morgan fingerprint density at radius 1 is 1.00 bits per heavy atom. The zero-order chi connectivity index (χ0) is 11.0. The largest absolute Gasteiger partial charge is 0.508 e. The number of hydrogen-bond donors (Lipinski definition) is 6. The van der Waals surface area contributed by atoms with Gasteiger partial charge >= 0.3 is 0 Å². The van der Waals surface area contributed by atoms with E-state index in [0.29, 0.717) is 0 Å². The van der Waals surface area contributed by atoms with Crippen LogP contribution in [0.5, 0.6) is 11.5 Å². The van der Waals surface area contributed by atoms with E-state index < -0.39 is 6.10 Å². The average Bonchev–Trinajstić information content (AvgIpc) is 2.17. The highest BCUT2D eigenvalue weighted by molar-refractivity contribution is 5.30. The summed E-state index contributed by atoms with van der Waals surface area (Å²) in [7, 11) is 0. The molecule has 0 atom stereocenters. The molecule has 0 radical (unpaired) electrons. The van der Waals surface area contributed by atoms with Gasteiger partial charge in [0.15, 0.2) is 0 Å². The second kappa shape index (κ2) is 11.7. The zero-order valence-electron chi connectivity index (χ0n) is 8.65. The number of benzene rings is 1. The second-order valence-corrected chi connectivity index (χ2v) is 2.54. The van der Waals surface area contributed by atoms with Crippen molar-refractivity contribution in [1.82, 2.24) is 6.15 Å². The van der Waals surface area contributed by atoms with Crippen molar-refractivity contribution in [1.29, 1.82) is 0 Å². The second-order valence-electron chi connectivity index (χ2n) is 2.54. The molecule has 16 heavy (non-hydrogen) atoms. The van der Waals surface area contributed by atoms with Crippen LogP contribution in [-0.2, 0) is 0 Å². The van der Waals surface area contributed by atoms with Gasteiger partial charge in [0.1, 0.15) is 17.6 Å². The number of phenols is 2. The van der Waals surface area contributed by atoms with E-state index in [9.17, 15) is 0 Å². The van der Waals surface area contributed by atoms with Crippen LogP contribution in [0.25, 0.3) is 0 Å². The molecule has 8 N–H and O–H groups in total. The highest BCUT2D eigenvalue weighted by atomic mass is 19.0. The van der Waals surface area contributed by atoms with Crippen LogP contribution < -0.4 is 6.15 Å². The number of phenolic OH excluding ortho intramolecular Hbond substituents is 2. The molecular formula is C9H18FNO5. The summed E-state index contributed by atoms with van der Waals surface area (Å²) in [4.78, 5) is 0. The Balaban J connectivity index is -0.000000195. The first-order valence-corrected chi connectivity index (χ1v) is 3.98. The number of rotatable bonds is 2. The predicted molar refractivity (Wildman–Crippen MR) is 57.5 cm³/mol. The molecule has 0 spiro atoms. The van der Waals surface area contributed by atoms with Crippen molar-refractivity contribution in [2.24, 2.45) is 0 Å². The first kappa shape index (κ1) is 20.1. The standard InChI is InChI=1S/C6H6O2.C3H8O3.FH.H3N/c7-5-2-1-3-6(8)4-5;4-1-3(6)2-5;;/h1-4,7-8H;3-6H,1-2H2;1H;1H3. The molecule has 0 aromatic heterocycles. The van der Waals surface area contributed by atoms with Gasteiger partial charge in [-0.15, -0.1) is 0 Å². The first-order chi connectivity index (χ1) is 6.60. The molecular weight excluding hydrogens is 221 g/mol. The molecule has 0 amide bonds. The minimum Gasteiger partial charge on any atom is -0.508 e. The van der Waals surface area contributed by atoms with Gasteiger partial charge in [0.25, 0.3) is 0 Å². The third-order valence-corrected chi connectivity index (χ3v) is 1.25. The number of hydrogen-bond acceptors (Lipinski definition) is 6. The van der Waals surface area contributed by atoms with E-state index in [0.717, 1.165) is 0 Å². The lowest BCUT2D eigenvalue weighted by atomic mass is 10.3. The molecule has 0 fully saturated rings. The van der Waals surface area contributed by atoms with Crippen LogP contribution in [0, 0.1) is 0 Å².